The molecule has 2 aliphatic rings. The number of thiophene rings is 1. The second kappa shape index (κ2) is 5.19. The topological polar surface area (TPSA) is 45.3 Å². The molecule has 122 valence electrons. The molecule has 1 fully saturated rings. The highest BCUT2D eigenvalue weighted by atomic mass is 32.1. The van der Waals surface area contributed by atoms with Gasteiger partial charge >= 0.3 is 0 Å². The smallest absolute Gasteiger partial charge is 0.270 e. The molecule has 0 atom stereocenters. The Labute approximate surface area is 144 Å². The summed E-state index contributed by atoms with van der Waals surface area (Å²) < 4.78 is 7.32. The minimum Gasteiger partial charge on any atom is -0.365 e. The van der Waals surface area contributed by atoms with Gasteiger partial charge in [-0.3, -0.25) is 4.79 Å². The fraction of sp³-hybridized carbons (Fsp3) is 0.316. The van der Waals surface area contributed by atoms with Crippen molar-refractivity contribution in [3.63, 3.8) is 0 Å². The zero-order valence-electron chi connectivity index (χ0n) is 13.2. The maximum atomic E-state index is 12.8. The molecule has 1 saturated heterocycles. The molecule has 1 N–H and O–H groups in total. The van der Waals surface area contributed by atoms with Crippen LogP contribution in [0.4, 0.5) is 0 Å². The van der Waals surface area contributed by atoms with E-state index >= 15 is 0 Å². The largest absolute Gasteiger partial charge is 0.365 e. The zero-order chi connectivity index (χ0) is 16.1. The third kappa shape index (κ3) is 2.05. The zero-order valence-corrected chi connectivity index (χ0v) is 14.1. The van der Waals surface area contributed by atoms with Crippen molar-refractivity contribution in [2.75, 3.05) is 13.1 Å². The SMILES string of the molecule is O=C(c1cc2sccc2[nH]1)N1CCC2(CC1)OCc1ccccc12. The van der Waals surface area contributed by atoms with Crippen LogP contribution in [0.5, 0.6) is 0 Å². The molecule has 1 aromatic carbocycles. The van der Waals surface area contributed by atoms with E-state index in [0.717, 1.165) is 36.1 Å². The number of aromatic nitrogens is 1. The van der Waals surface area contributed by atoms with Crippen molar-refractivity contribution in [1.29, 1.82) is 0 Å². The van der Waals surface area contributed by atoms with Gasteiger partial charge in [0.05, 0.1) is 22.4 Å². The summed E-state index contributed by atoms with van der Waals surface area (Å²) in [6.45, 7) is 2.16. The first-order valence-electron chi connectivity index (χ1n) is 8.33. The molecule has 0 saturated carbocycles. The van der Waals surface area contributed by atoms with Gasteiger partial charge in [-0.05, 0) is 41.5 Å². The van der Waals surface area contributed by atoms with Crippen LogP contribution in [0.3, 0.4) is 0 Å². The number of H-pyrrole nitrogens is 1. The maximum absolute atomic E-state index is 12.8. The Morgan fingerprint density at radius 3 is 2.88 bits per heavy atom. The lowest BCUT2D eigenvalue weighted by Crippen LogP contribution is -2.45. The normalized spacial score (nSPS) is 19.1. The molecule has 24 heavy (non-hydrogen) atoms. The van der Waals surface area contributed by atoms with Crippen LogP contribution in [-0.4, -0.2) is 28.9 Å². The predicted molar refractivity (Wildman–Crippen MR) is 94.2 cm³/mol. The van der Waals surface area contributed by atoms with Crippen molar-refractivity contribution < 1.29 is 9.53 Å². The molecular weight excluding hydrogens is 320 g/mol. The van der Waals surface area contributed by atoms with Crippen LogP contribution in [0.2, 0.25) is 0 Å². The van der Waals surface area contributed by atoms with E-state index in [2.05, 4.69) is 29.2 Å². The summed E-state index contributed by atoms with van der Waals surface area (Å²) >= 11 is 1.66. The molecule has 0 aliphatic carbocycles. The third-order valence-electron chi connectivity index (χ3n) is 5.34. The van der Waals surface area contributed by atoms with Crippen molar-refractivity contribution in [3.8, 4) is 0 Å². The number of fused-ring (bicyclic) bond motifs is 3. The molecular formula is C19H18N2O2S. The van der Waals surface area contributed by atoms with Crippen molar-refractivity contribution in [3.05, 3.63) is 58.6 Å². The summed E-state index contributed by atoms with van der Waals surface area (Å²) in [4.78, 5) is 18.0. The number of aromatic amines is 1. The maximum Gasteiger partial charge on any atom is 0.270 e. The van der Waals surface area contributed by atoms with Crippen LogP contribution >= 0.6 is 11.3 Å². The summed E-state index contributed by atoms with van der Waals surface area (Å²) in [5, 5.41) is 2.04. The third-order valence-corrected chi connectivity index (χ3v) is 6.20. The monoisotopic (exact) mass is 338 g/mol. The van der Waals surface area contributed by atoms with Gasteiger partial charge in [0.1, 0.15) is 5.69 Å². The van der Waals surface area contributed by atoms with E-state index in [9.17, 15) is 4.79 Å². The minimum absolute atomic E-state index is 0.0968. The Morgan fingerprint density at radius 1 is 1.21 bits per heavy atom. The van der Waals surface area contributed by atoms with E-state index in [1.165, 1.54) is 11.1 Å². The summed E-state index contributed by atoms with van der Waals surface area (Å²) in [7, 11) is 0. The van der Waals surface area contributed by atoms with E-state index < -0.39 is 0 Å². The molecule has 2 aliphatic heterocycles. The summed E-state index contributed by atoms with van der Waals surface area (Å²) in [6, 6.07) is 12.5. The molecule has 0 radical (unpaired) electrons. The molecule has 2 aromatic heterocycles. The van der Waals surface area contributed by atoms with Crippen molar-refractivity contribution in [2.45, 2.75) is 25.0 Å². The molecule has 1 amide bonds. The fourth-order valence-electron chi connectivity index (χ4n) is 4.00. The number of nitrogens with zero attached hydrogens (tertiary/aromatic N) is 1. The Kier molecular flexibility index (Phi) is 3.08. The molecule has 5 heteroatoms. The van der Waals surface area contributed by atoms with Gasteiger partial charge < -0.3 is 14.6 Å². The Morgan fingerprint density at radius 2 is 2.04 bits per heavy atom. The number of nitrogens with one attached hydrogen (secondary N) is 1. The molecule has 1 spiro atoms. The number of ether oxygens (including phenoxy) is 1. The number of amides is 1. The second-order valence-corrected chi connectivity index (χ2v) is 7.56. The van der Waals surface area contributed by atoms with Crippen LogP contribution in [0.25, 0.3) is 10.2 Å². The highest BCUT2D eigenvalue weighted by molar-refractivity contribution is 7.17. The van der Waals surface area contributed by atoms with Crippen molar-refractivity contribution >= 4 is 27.5 Å². The average Bonchev–Trinajstić information content (AvgIpc) is 3.30. The predicted octanol–water partition coefficient (Wildman–Crippen LogP) is 3.89. The first-order chi connectivity index (χ1) is 11.8. The Balaban J connectivity index is 1.35. The number of piperidine rings is 1. The van der Waals surface area contributed by atoms with E-state index in [1.54, 1.807) is 11.3 Å². The Hall–Kier alpha value is -2.11. The number of rotatable bonds is 1. The van der Waals surface area contributed by atoms with Gasteiger partial charge in [-0.25, -0.2) is 0 Å². The van der Waals surface area contributed by atoms with Gasteiger partial charge in [0, 0.05) is 13.1 Å². The summed E-state index contributed by atoms with van der Waals surface area (Å²) in [5.74, 6) is 0.0968. The van der Waals surface area contributed by atoms with Gasteiger partial charge in [0.15, 0.2) is 0 Å². The van der Waals surface area contributed by atoms with Crippen LogP contribution in [-0.2, 0) is 16.9 Å². The first-order valence-corrected chi connectivity index (χ1v) is 9.21. The standard InChI is InChI=1S/C19H18N2O2S/c22-18(16-11-17-15(20-16)5-10-24-17)21-8-6-19(7-9-21)14-4-2-1-3-13(14)12-23-19/h1-5,10-11,20H,6-9,12H2. The lowest BCUT2D eigenvalue weighted by molar-refractivity contribution is -0.0742. The van der Waals surface area contributed by atoms with E-state index in [4.69, 9.17) is 4.74 Å². The van der Waals surface area contributed by atoms with Gasteiger partial charge in [-0.1, -0.05) is 24.3 Å². The van der Waals surface area contributed by atoms with Crippen molar-refractivity contribution in [2.24, 2.45) is 0 Å². The molecule has 5 rings (SSSR count). The number of likely N-dealkylation sites (tertiary alicyclic amines) is 1. The molecule has 0 unspecified atom stereocenters. The molecule has 3 aromatic rings. The molecule has 4 heterocycles. The number of hydrogen-bond acceptors (Lipinski definition) is 3. The first kappa shape index (κ1) is 14.3. The van der Waals surface area contributed by atoms with Crippen LogP contribution in [0.1, 0.15) is 34.5 Å². The highest BCUT2D eigenvalue weighted by Gasteiger charge is 2.43. The number of hydrogen-bond donors (Lipinski definition) is 1. The summed E-state index contributed by atoms with van der Waals surface area (Å²) in [5.41, 5.74) is 4.16. The van der Waals surface area contributed by atoms with E-state index in [-0.39, 0.29) is 11.5 Å². The van der Waals surface area contributed by atoms with Gasteiger partial charge in [0.2, 0.25) is 0 Å². The average molecular weight is 338 g/mol. The number of carbonyl (C=O) groups is 1. The molecule has 0 bridgehead atoms. The minimum atomic E-state index is -0.191. The number of carbonyl (C=O) groups excluding carboxylic acids is 1. The van der Waals surface area contributed by atoms with Gasteiger partial charge in [0.25, 0.3) is 5.91 Å². The lowest BCUT2D eigenvalue weighted by atomic mass is 9.84. The van der Waals surface area contributed by atoms with Crippen LogP contribution in [0, 0.1) is 0 Å². The summed E-state index contributed by atoms with van der Waals surface area (Å²) in [6.07, 6.45) is 1.73. The lowest BCUT2D eigenvalue weighted by Gasteiger charge is -2.39. The van der Waals surface area contributed by atoms with Gasteiger partial charge in [-0.15, -0.1) is 11.3 Å². The van der Waals surface area contributed by atoms with Crippen LogP contribution < -0.4 is 0 Å². The van der Waals surface area contributed by atoms with Crippen LogP contribution in [0.15, 0.2) is 41.8 Å². The van der Waals surface area contributed by atoms with Gasteiger partial charge in [-0.2, -0.15) is 0 Å². The Bertz CT molecular complexity index is 890. The highest BCUT2D eigenvalue weighted by Crippen LogP contribution is 2.44. The second-order valence-electron chi connectivity index (χ2n) is 6.61. The molecule has 4 nitrogen and oxygen atoms in total. The fourth-order valence-corrected chi connectivity index (χ4v) is 4.79. The van der Waals surface area contributed by atoms with Crippen molar-refractivity contribution in [1.82, 2.24) is 9.88 Å². The quantitative estimate of drug-likeness (QED) is 0.731. The van der Waals surface area contributed by atoms with E-state index in [0.29, 0.717) is 12.3 Å². The number of benzene rings is 1. The van der Waals surface area contributed by atoms with E-state index in [1.807, 2.05) is 22.4 Å².